The summed E-state index contributed by atoms with van der Waals surface area (Å²) < 4.78 is 5.32. The molecular weight excluding hydrogens is 307 g/mol. The second kappa shape index (κ2) is 10.1. The average Bonchev–Trinajstić information content (AvgIpc) is 2.43. The monoisotopic (exact) mass is 330 g/mol. The molecule has 2 nitrogen and oxygen atoms in total. The molecule has 1 unspecified atom stereocenters. The zero-order valence-electron chi connectivity index (χ0n) is 12.8. The van der Waals surface area contributed by atoms with Crippen LogP contribution in [0.2, 0.25) is 10.0 Å². The van der Waals surface area contributed by atoms with Gasteiger partial charge in [0, 0.05) is 10.0 Å². The lowest BCUT2D eigenvalue weighted by Crippen LogP contribution is -2.14. The highest BCUT2D eigenvalue weighted by molar-refractivity contribution is 6.34. The number of hydrogen-bond donors (Lipinski definition) is 0. The maximum Gasteiger partial charge on any atom is 0.308 e. The Labute approximate surface area is 137 Å². The quantitative estimate of drug-likeness (QED) is 0.408. The molecule has 0 radical (unpaired) electrons. The Morgan fingerprint density at radius 1 is 1.10 bits per heavy atom. The Morgan fingerprint density at radius 2 is 1.71 bits per heavy atom. The van der Waals surface area contributed by atoms with Crippen LogP contribution in [0.25, 0.3) is 0 Å². The van der Waals surface area contributed by atoms with Gasteiger partial charge in [-0.25, -0.2) is 0 Å². The Hall–Kier alpha value is -0.730. The van der Waals surface area contributed by atoms with Crippen molar-refractivity contribution in [1.82, 2.24) is 0 Å². The molecule has 1 atom stereocenters. The molecule has 0 bridgehead atoms. The van der Waals surface area contributed by atoms with Crippen molar-refractivity contribution < 1.29 is 9.53 Å². The number of esters is 1. The summed E-state index contributed by atoms with van der Waals surface area (Å²) in [5.41, 5.74) is 0.816. The summed E-state index contributed by atoms with van der Waals surface area (Å²) in [5.74, 6) is -0.206. The first-order valence-electron chi connectivity index (χ1n) is 7.64. The lowest BCUT2D eigenvalue weighted by atomic mass is 10.0. The first kappa shape index (κ1) is 18.3. The number of hydrogen-bond acceptors (Lipinski definition) is 2. The summed E-state index contributed by atoms with van der Waals surface area (Å²) in [6.45, 7) is 4.34. The summed E-state index contributed by atoms with van der Waals surface area (Å²) in [6.07, 6.45) is 6.92. The van der Waals surface area contributed by atoms with Crippen LogP contribution in [0.4, 0.5) is 0 Å². The first-order valence-corrected chi connectivity index (χ1v) is 8.40. The van der Waals surface area contributed by atoms with Crippen LogP contribution in [0.1, 0.15) is 57.9 Å². The standard InChI is InChI=1S/C17H24Cl2O2/c1-3-4-5-6-7-8-13(2)17(20)21-12-14-9-15(18)11-16(19)10-14/h9-11,13H,3-8,12H2,1-2H3. The minimum atomic E-state index is -0.151. The predicted octanol–water partition coefficient (Wildman–Crippen LogP) is 6.03. The zero-order valence-corrected chi connectivity index (χ0v) is 14.3. The normalized spacial score (nSPS) is 12.2. The van der Waals surface area contributed by atoms with E-state index in [4.69, 9.17) is 27.9 Å². The number of unbranched alkanes of at least 4 members (excludes halogenated alkanes) is 4. The molecule has 0 spiro atoms. The van der Waals surface area contributed by atoms with E-state index >= 15 is 0 Å². The lowest BCUT2D eigenvalue weighted by molar-refractivity contribution is -0.149. The van der Waals surface area contributed by atoms with Crippen molar-refractivity contribution in [2.75, 3.05) is 0 Å². The summed E-state index contributed by atoms with van der Waals surface area (Å²) in [4.78, 5) is 11.9. The zero-order chi connectivity index (χ0) is 15.7. The third kappa shape index (κ3) is 7.73. The van der Waals surface area contributed by atoms with Gasteiger partial charge in [-0.1, -0.05) is 69.2 Å². The van der Waals surface area contributed by atoms with Gasteiger partial charge in [-0.05, 0) is 30.2 Å². The van der Waals surface area contributed by atoms with Gasteiger partial charge < -0.3 is 4.74 Å². The Balaban J connectivity index is 2.29. The SMILES string of the molecule is CCCCCCCC(C)C(=O)OCc1cc(Cl)cc(Cl)c1. The van der Waals surface area contributed by atoms with Gasteiger partial charge in [-0.15, -0.1) is 0 Å². The van der Waals surface area contributed by atoms with Crippen LogP contribution in [-0.2, 0) is 16.1 Å². The molecule has 0 aliphatic heterocycles. The largest absolute Gasteiger partial charge is 0.461 e. The molecule has 1 rings (SSSR count). The van der Waals surface area contributed by atoms with E-state index in [1.54, 1.807) is 18.2 Å². The highest BCUT2D eigenvalue weighted by Gasteiger charge is 2.14. The van der Waals surface area contributed by atoms with Crippen molar-refractivity contribution in [3.8, 4) is 0 Å². The van der Waals surface area contributed by atoms with Gasteiger partial charge in [0.1, 0.15) is 6.61 Å². The molecule has 0 aliphatic carbocycles. The average molecular weight is 331 g/mol. The smallest absolute Gasteiger partial charge is 0.308 e. The third-order valence-electron chi connectivity index (χ3n) is 3.45. The summed E-state index contributed by atoms with van der Waals surface area (Å²) >= 11 is 11.8. The van der Waals surface area contributed by atoms with Crippen molar-refractivity contribution in [3.05, 3.63) is 33.8 Å². The third-order valence-corrected chi connectivity index (χ3v) is 3.88. The van der Waals surface area contributed by atoms with Crippen molar-refractivity contribution in [1.29, 1.82) is 0 Å². The van der Waals surface area contributed by atoms with E-state index in [-0.39, 0.29) is 18.5 Å². The van der Waals surface area contributed by atoms with Crippen LogP contribution in [-0.4, -0.2) is 5.97 Å². The van der Waals surface area contributed by atoms with E-state index < -0.39 is 0 Å². The maximum atomic E-state index is 11.9. The van der Waals surface area contributed by atoms with Gasteiger partial charge in [0.2, 0.25) is 0 Å². The van der Waals surface area contributed by atoms with Gasteiger partial charge in [-0.2, -0.15) is 0 Å². The van der Waals surface area contributed by atoms with Gasteiger partial charge in [0.15, 0.2) is 0 Å². The minimum absolute atomic E-state index is 0.0544. The van der Waals surface area contributed by atoms with Gasteiger partial charge in [0.25, 0.3) is 0 Å². The number of rotatable bonds is 9. The molecule has 0 fully saturated rings. The van der Waals surface area contributed by atoms with Crippen LogP contribution in [0.3, 0.4) is 0 Å². The van der Waals surface area contributed by atoms with Crippen molar-refractivity contribution in [3.63, 3.8) is 0 Å². The fourth-order valence-corrected chi connectivity index (χ4v) is 2.73. The molecule has 0 heterocycles. The van der Waals surface area contributed by atoms with Crippen LogP contribution in [0, 0.1) is 5.92 Å². The topological polar surface area (TPSA) is 26.3 Å². The van der Waals surface area contributed by atoms with E-state index in [0.717, 1.165) is 18.4 Å². The fourth-order valence-electron chi connectivity index (χ4n) is 2.16. The van der Waals surface area contributed by atoms with E-state index in [2.05, 4.69) is 6.92 Å². The van der Waals surface area contributed by atoms with Crippen molar-refractivity contribution >= 4 is 29.2 Å². The van der Waals surface area contributed by atoms with E-state index in [9.17, 15) is 4.79 Å². The molecule has 1 aromatic rings. The summed E-state index contributed by atoms with van der Waals surface area (Å²) in [5, 5.41) is 1.11. The molecule has 0 aliphatic rings. The number of halogens is 2. The molecule has 118 valence electrons. The maximum absolute atomic E-state index is 11.9. The first-order chi connectivity index (χ1) is 10.0. The molecule has 0 saturated heterocycles. The number of benzene rings is 1. The van der Waals surface area contributed by atoms with Crippen LogP contribution < -0.4 is 0 Å². The molecule has 0 aromatic heterocycles. The van der Waals surface area contributed by atoms with Crippen LogP contribution >= 0.6 is 23.2 Å². The Morgan fingerprint density at radius 3 is 2.33 bits per heavy atom. The minimum Gasteiger partial charge on any atom is -0.461 e. The van der Waals surface area contributed by atoms with E-state index in [1.165, 1.54) is 25.7 Å². The van der Waals surface area contributed by atoms with Crippen molar-refractivity contribution in [2.24, 2.45) is 5.92 Å². The van der Waals surface area contributed by atoms with Crippen LogP contribution in [0.5, 0.6) is 0 Å². The fraction of sp³-hybridized carbons (Fsp3) is 0.588. The molecule has 21 heavy (non-hydrogen) atoms. The predicted molar refractivity (Wildman–Crippen MR) is 88.8 cm³/mol. The molecular formula is C17H24Cl2O2. The molecule has 0 saturated carbocycles. The molecule has 4 heteroatoms. The second-order valence-electron chi connectivity index (χ2n) is 5.49. The number of ether oxygens (including phenoxy) is 1. The highest BCUT2D eigenvalue weighted by atomic mass is 35.5. The summed E-state index contributed by atoms with van der Waals surface area (Å²) in [6, 6.07) is 5.18. The van der Waals surface area contributed by atoms with E-state index in [0.29, 0.717) is 10.0 Å². The second-order valence-corrected chi connectivity index (χ2v) is 6.36. The number of carbonyl (C=O) groups is 1. The molecule has 0 N–H and O–H groups in total. The van der Waals surface area contributed by atoms with E-state index in [1.807, 2.05) is 6.92 Å². The van der Waals surface area contributed by atoms with Gasteiger partial charge >= 0.3 is 5.97 Å². The van der Waals surface area contributed by atoms with Gasteiger partial charge in [-0.3, -0.25) is 4.79 Å². The Bertz CT molecular complexity index is 426. The molecule has 1 aromatic carbocycles. The number of carbonyl (C=O) groups excluding carboxylic acids is 1. The highest BCUT2D eigenvalue weighted by Crippen LogP contribution is 2.20. The lowest BCUT2D eigenvalue weighted by Gasteiger charge is -2.11. The van der Waals surface area contributed by atoms with Crippen LogP contribution in [0.15, 0.2) is 18.2 Å². The van der Waals surface area contributed by atoms with Gasteiger partial charge in [0.05, 0.1) is 5.92 Å². The Kier molecular flexibility index (Phi) is 8.79. The summed E-state index contributed by atoms with van der Waals surface area (Å²) in [7, 11) is 0. The van der Waals surface area contributed by atoms with Crippen molar-refractivity contribution in [2.45, 2.75) is 59.0 Å². The molecule has 0 amide bonds.